The third-order valence-corrected chi connectivity index (χ3v) is 1.83. The van der Waals surface area contributed by atoms with Crippen LogP contribution in [-0.4, -0.2) is 55.8 Å². The van der Waals surface area contributed by atoms with Gasteiger partial charge in [0.05, 0.1) is 13.2 Å². The second-order valence-electron chi connectivity index (χ2n) is 2.64. The first-order chi connectivity index (χ1) is 6.35. The van der Waals surface area contributed by atoms with Crippen LogP contribution in [0.2, 0.25) is 0 Å². The first-order valence-corrected chi connectivity index (χ1v) is 4.91. The summed E-state index contributed by atoms with van der Waals surface area (Å²) >= 11 is 5.49. The summed E-state index contributed by atoms with van der Waals surface area (Å²) < 4.78 is 4.95. The van der Waals surface area contributed by atoms with Crippen LogP contribution in [0, 0.1) is 0 Å². The molecule has 0 aromatic carbocycles. The van der Waals surface area contributed by atoms with Gasteiger partial charge in [-0.3, -0.25) is 4.90 Å². The Morgan fingerprint density at radius 1 is 1.38 bits per heavy atom. The number of hydrogen-bond acceptors (Lipinski definition) is 3. The first-order valence-electron chi connectivity index (χ1n) is 4.38. The fourth-order valence-electron chi connectivity index (χ4n) is 0.943. The first kappa shape index (κ1) is 12.9. The van der Waals surface area contributed by atoms with Gasteiger partial charge in [0.1, 0.15) is 0 Å². The van der Waals surface area contributed by atoms with E-state index in [1.165, 1.54) is 0 Å². The zero-order valence-corrected chi connectivity index (χ0v) is 8.83. The highest BCUT2D eigenvalue weighted by Gasteiger charge is 2.00. The summed E-state index contributed by atoms with van der Waals surface area (Å²) in [5.74, 6) is 0.539. The summed E-state index contributed by atoms with van der Waals surface area (Å²) in [4.78, 5) is 2.10. The molecule has 0 radical (unpaired) electrons. The number of nitrogens with zero attached hydrogens (tertiary/aromatic N) is 1. The molecule has 0 aromatic rings. The van der Waals surface area contributed by atoms with Crippen molar-refractivity contribution in [3.05, 3.63) is 12.2 Å². The zero-order valence-electron chi connectivity index (χ0n) is 8.08. The molecule has 0 spiro atoms. The minimum atomic E-state index is 0.179. The Labute approximate surface area is 84.9 Å². The molecule has 13 heavy (non-hydrogen) atoms. The Morgan fingerprint density at radius 3 is 2.69 bits per heavy atom. The van der Waals surface area contributed by atoms with Gasteiger partial charge in [-0.05, 0) is 0 Å². The Kier molecular flexibility index (Phi) is 9.92. The highest BCUT2D eigenvalue weighted by Crippen LogP contribution is 1.89. The molecule has 0 aromatic heterocycles. The third-order valence-electron chi connectivity index (χ3n) is 1.65. The number of ether oxygens (including phenoxy) is 1. The van der Waals surface area contributed by atoms with E-state index < -0.39 is 0 Å². The van der Waals surface area contributed by atoms with Crippen LogP contribution in [0.1, 0.15) is 0 Å². The summed E-state index contributed by atoms with van der Waals surface area (Å²) in [7, 11) is 1.67. The number of rotatable bonds is 8. The fourth-order valence-corrected chi connectivity index (χ4v) is 1.07. The van der Waals surface area contributed by atoms with Gasteiger partial charge in [-0.25, -0.2) is 0 Å². The lowest BCUT2D eigenvalue weighted by atomic mass is 10.4. The Morgan fingerprint density at radius 2 is 2.15 bits per heavy atom. The Hall–Kier alpha value is -0.0900. The van der Waals surface area contributed by atoms with Gasteiger partial charge < -0.3 is 9.84 Å². The van der Waals surface area contributed by atoms with Gasteiger partial charge in [-0.15, -0.1) is 11.6 Å². The molecule has 78 valence electrons. The minimum absolute atomic E-state index is 0.179. The third kappa shape index (κ3) is 8.25. The molecule has 0 bridgehead atoms. The van der Waals surface area contributed by atoms with Crippen molar-refractivity contribution in [1.82, 2.24) is 4.90 Å². The Balaban J connectivity index is 3.59. The summed E-state index contributed by atoms with van der Waals surface area (Å²) in [6.45, 7) is 3.20. The smallest absolute Gasteiger partial charge is 0.0589 e. The normalized spacial score (nSPS) is 11.7. The number of halogens is 1. The van der Waals surface area contributed by atoms with Gasteiger partial charge >= 0.3 is 0 Å². The van der Waals surface area contributed by atoms with E-state index in [9.17, 15) is 0 Å². The number of allylic oxidation sites excluding steroid dienone is 1. The number of aliphatic hydroxyl groups excluding tert-OH is 1. The van der Waals surface area contributed by atoms with E-state index >= 15 is 0 Å². The lowest BCUT2D eigenvalue weighted by Crippen LogP contribution is -2.30. The highest BCUT2D eigenvalue weighted by molar-refractivity contribution is 6.18. The van der Waals surface area contributed by atoms with E-state index in [0.29, 0.717) is 19.0 Å². The molecule has 0 aliphatic carbocycles. The largest absolute Gasteiger partial charge is 0.395 e. The molecule has 1 N–H and O–H groups in total. The molecule has 0 amide bonds. The van der Waals surface area contributed by atoms with Gasteiger partial charge in [0.15, 0.2) is 0 Å². The van der Waals surface area contributed by atoms with Gasteiger partial charge in [0.2, 0.25) is 0 Å². The van der Waals surface area contributed by atoms with Gasteiger partial charge in [0, 0.05) is 32.6 Å². The van der Waals surface area contributed by atoms with Crippen LogP contribution < -0.4 is 0 Å². The molecular formula is C9H18ClNO2. The van der Waals surface area contributed by atoms with Crippen LogP contribution in [0.3, 0.4) is 0 Å². The monoisotopic (exact) mass is 207 g/mol. The number of aliphatic hydroxyl groups is 1. The van der Waals surface area contributed by atoms with Crippen molar-refractivity contribution in [2.45, 2.75) is 0 Å². The summed E-state index contributed by atoms with van der Waals surface area (Å²) in [5.41, 5.74) is 0. The number of methoxy groups -OCH3 is 1. The molecule has 0 aliphatic rings. The predicted octanol–water partition coefficient (Wildman–Crippen LogP) is 0.722. The predicted molar refractivity (Wildman–Crippen MR) is 55.3 cm³/mol. The molecule has 0 fully saturated rings. The van der Waals surface area contributed by atoms with E-state index in [4.69, 9.17) is 21.4 Å². The maximum Gasteiger partial charge on any atom is 0.0589 e. The van der Waals surface area contributed by atoms with Gasteiger partial charge in [-0.1, -0.05) is 12.2 Å². The zero-order chi connectivity index (χ0) is 9.94. The molecule has 0 unspecified atom stereocenters. The number of alkyl halides is 1. The van der Waals surface area contributed by atoms with Gasteiger partial charge in [-0.2, -0.15) is 0 Å². The number of hydrogen-bond donors (Lipinski definition) is 1. The van der Waals surface area contributed by atoms with Crippen LogP contribution in [0.4, 0.5) is 0 Å². The van der Waals surface area contributed by atoms with Crippen molar-refractivity contribution in [2.75, 3.05) is 45.8 Å². The van der Waals surface area contributed by atoms with Crippen LogP contribution in [-0.2, 0) is 4.74 Å². The van der Waals surface area contributed by atoms with Crippen molar-refractivity contribution in [2.24, 2.45) is 0 Å². The standard InChI is InChI=1S/C9H18ClNO2/c1-13-9-7-11(6-8-12)5-3-2-4-10/h2-3,12H,4-9H2,1H3/b3-2+. The SMILES string of the molecule is COCCN(C/C=C/CCl)CCO. The summed E-state index contributed by atoms with van der Waals surface area (Å²) in [6.07, 6.45) is 3.90. The average Bonchev–Trinajstić information content (AvgIpc) is 2.14. The molecule has 0 saturated carbocycles. The van der Waals surface area contributed by atoms with Crippen molar-refractivity contribution in [3.8, 4) is 0 Å². The molecule has 0 aliphatic heterocycles. The van der Waals surface area contributed by atoms with E-state index in [0.717, 1.165) is 13.1 Å². The molecule has 3 nitrogen and oxygen atoms in total. The van der Waals surface area contributed by atoms with Crippen LogP contribution in [0.5, 0.6) is 0 Å². The molecule has 0 saturated heterocycles. The Bertz CT molecular complexity index is 131. The van der Waals surface area contributed by atoms with E-state index in [1.54, 1.807) is 7.11 Å². The van der Waals surface area contributed by atoms with E-state index in [1.807, 2.05) is 12.2 Å². The van der Waals surface area contributed by atoms with Crippen molar-refractivity contribution >= 4 is 11.6 Å². The summed E-state index contributed by atoms with van der Waals surface area (Å²) in [6, 6.07) is 0. The van der Waals surface area contributed by atoms with Crippen LogP contribution in [0.25, 0.3) is 0 Å². The minimum Gasteiger partial charge on any atom is -0.395 e. The summed E-state index contributed by atoms with van der Waals surface area (Å²) in [5, 5.41) is 8.76. The second kappa shape index (κ2) is 9.99. The van der Waals surface area contributed by atoms with Crippen molar-refractivity contribution in [3.63, 3.8) is 0 Å². The average molecular weight is 208 g/mol. The molecular weight excluding hydrogens is 190 g/mol. The lowest BCUT2D eigenvalue weighted by molar-refractivity contribution is 0.138. The molecule has 0 atom stereocenters. The van der Waals surface area contributed by atoms with Crippen LogP contribution in [0.15, 0.2) is 12.2 Å². The topological polar surface area (TPSA) is 32.7 Å². The maximum atomic E-state index is 8.76. The van der Waals surface area contributed by atoms with E-state index in [2.05, 4.69) is 4.90 Å². The highest BCUT2D eigenvalue weighted by atomic mass is 35.5. The quantitative estimate of drug-likeness (QED) is 0.471. The molecule has 4 heteroatoms. The fraction of sp³-hybridized carbons (Fsp3) is 0.778. The lowest BCUT2D eigenvalue weighted by Gasteiger charge is -2.18. The maximum absolute atomic E-state index is 8.76. The van der Waals surface area contributed by atoms with Gasteiger partial charge in [0.25, 0.3) is 0 Å². The molecule has 0 rings (SSSR count). The van der Waals surface area contributed by atoms with E-state index in [-0.39, 0.29) is 6.61 Å². The second-order valence-corrected chi connectivity index (χ2v) is 2.95. The van der Waals surface area contributed by atoms with Crippen LogP contribution >= 0.6 is 11.6 Å². The van der Waals surface area contributed by atoms with Crippen molar-refractivity contribution in [1.29, 1.82) is 0 Å². The van der Waals surface area contributed by atoms with Crippen molar-refractivity contribution < 1.29 is 9.84 Å². The molecule has 0 heterocycles.